The first-order chi connectivity index (χ1) is 12.4. The number of rotatable bonds is 7. The summed E-state index contributed by atoms with van der Waals surface area (Å²) in [5.74, 6) is 0.981. The number of halogens is 1. The molecule has 2 N–H and O–H groups in total. The minimum Gasteiger partial charge on any atom is -0.497 e. The van der Waals surface area contributed by atoms with Crippen LogP contribution in [0, 0.1) is 5.82 Å². The van der Waals surface area contributed by atoms with Crippen molar-refractivity contribution >= 4 is 11.7 Å². The van der Waals surface area contributed by atoms with Gasteiger partial charge in [0.2, 0.25) is 0 Å². The monoisotopic (exact) mass is 361 g/mol. The van der Waals surface area contributed by atoms with E-state index in [1.54, 1.807) is 51.4 Å². The number of benzene rings is 2. The SMILES string of the molecule is COc1cc(CNC(=O)NCc2ccc(N(C)C)c(F)c2)cc(OC)c1. The van der Waals surface area contributed by atoms with Crippen LogP contribution in [0.4, 0.5) is 14.9 Å². The molecule has 2 amide bonds. The third-order valence-corrected chi connectivity index (χ3v) is 3.81. The molecule has 0 bridgehead atoms. The average molecular weight is 361 g/mol. The van der Waals surface area contributed by atoms with Crippen LogP contribution in [0.25, 0.3) is 0 Å². The summed E-state index contributed by atoms with van der Waals surface area (Å²) in [7, 11) is 6.69. The van der Waals surface area contributed by atoms with Gasteiger partial charge in [0.05, 0.1) is 19.9 Å². The highest BCUT2D eigenvalue weighted by Crippen LogP contribution is 2.22. The van der Waals surface area contributed by atoms with Crippen LogP contribution in [0.15, 0.2) is 36.4 Å². The molecule has 2 aromatic carbocycles. The molecular formula is C19H24FN3O3. The zero-order valence-electron chi connectivity index (χ0n) is 15.4. The fourth-order valence-corrected chi connectivity index (χ4v) is 2.42. The second-order valence-corrected chi connectivity index (χ2v) is 5.94. The fourth-order valence-electron chi connectivity index (χ4n) is 2.42. The van der Waals surface area contributed by atoms with Gasteiger partial charge in [0.15, 0.2) is 0 Å². The molecule has 2 aromatic rings. The summed E-state index contributed by atoms with van der Waals surface area (Å²) < 4.78 is 24.3. The number of anilines is 1. The van der Waals surface area contributed by atoms with Crippen molar-refractivity contribution in [2.45, 2.75) is 13.1 Å². The molecule has 0 aromatic heterocycles. The molecule has 0 unspecified atom stereocenters. The summed E-state index contributed by atoms with van der Waals surface area (Å²) >= 11 is 0. The van der Waals surface area contributed by atoms with Gasteiger partial charge < -0.3 is 25.0 Å². The van der Waals surface area contributed by atoms with Crippen LogP contribution in [0.1, 0.15) is 11.1 Å². The molecule has 7 heteroatoms. The number of hydrogen-bond donors (Lipinski definition) is 2. The van der Waals surface area contributed by atoms with Crippen LogP contribution in [-0.2, 0) is 13.1 Å². The molecule has 0 spiro atoms. The maximum atomic E-state index is 13.9. The number of methoxy groups -OCH3 is 2. The first kappa shape index (κ1) is 19.4. The number of nitrogens with one attached hydrogen (secondary N) is 2. The summed E-state index contributed by atoms with van der Waals surface area (Å²) in [5.41, 5.74) is 2.04. The van der Waals surface area contributed by atoms with Crippen molar-refractivity contribution in [1.82, 2.24) is 10.6 Å². The summed E-state index contributed by atoms with van der Waals surface area (Å²) in [6.45, 7) is 0.547. The minimum absolute atomic E-state index is 0.234. The van der Waals surface area contributed by atoms with Crippen molar-refractivity contribution < 1.29 is 18.7 Å². The largest absolute Gasteiger partial charge is 0.497 e. The second-order valence-electron chi connectivity index (χ2n) is 5.94. The Morgan fingerprint density at radius 2 is 1.54 bits per heavy atom. The number of ether oxygens (including phenoxy) is 2. The van der Waals surface area contributed by atoms with E-state index in [1.165, 1.54) is 6.07 Å². The van der Waals surface area contributed by atoms with Crippen LogP contribution < -0.4 is 25.0 Å². The van der Waals surface area contributed by atoms with Crippen molar-refractivity contribution in [3.63, 3.8) is 0 Å². The molecule has 26 heavy (non-hydrogen) atoms. The quantitative estimate of drug-likeness (QED) is 0.796. The van der Waals surface area contributed by atoms with Crippen molar-refractivity contribution in [2.75, 3.05) is 33.2 Å². The van der Waals surface area contributed by atoms with E-state index in [4.69, 9.17) is 9.47 Å². The first-order valence-electron chi connectivity index (χ1n) is 8.12. The maximum Gasteiger partial charge on any atom is 0.315 e. The topological polar surface area (TPSA) is 62.8 Å². The Balaban J connectivity index is 1.89. The smallest absolute Gasteiger partial charge is 0.315 e. The number of amides is 2. The Morgan fingerprint density at radius 3 is 2.04 bits per heavy atom. The molecule has 0 aliphatic heterocycles. The fraction of sp³-hybridized carbons (Fsp3) is 0.316. The second kappa shape index (κ2) is 8.94. The van der Waals surface area contributed by atoms with E-state index >= 15 is 0 Å². The van der Waals surface area contributed by atoms with Crippen LogP contribution >= 0.6 is 0 Å². The molecule has 0 heterocycles. The molecule has 0 atom stereocenters. The lowest BCUT2D eigenvalue weighted by atomic mass is 10.2. The highest BCUT2D eigenvalue weighted by Gasteiger charge is 2.07. The molecule has 0 fully saturated rings. The van der Waals surface area contributed by atoms with Gasteiger partial charge in [-0.1, -0.05) is 6.07 Å². The minimum atomic E-state index is -0.344. The Bertz CT molecular complexity index is 743. The molecule has 0 saturated heterocycles. The number of carbonyl (C=O) groups excluding carboxylic acids is 1. The summed E-state index contributed by atoms with van der Waals surface area (Å²) in [6.07, 6.45) is 0. The Morgan fingerprint density at radius 1 is 0.962 bits per heavy atom. The van der Waals surface area contributed by atoms with E-state index in [-0.39, 0.29) is 18.4 Å². The zero-order chi connectivity index (χ0) is 19.1. The molecule has 0 radical (unpaired) electrons. The lowest BCUT2D eigenvalue weighted by Crippen LogP contribution is -2.34. The lowest BCUT2D eigenvalue weighted by molar-refractivity contribution is 0.240. The predicted molar refractivity (Wildman–Crippen MR) is 99.3 cm³/mol. The third kappa shape index (κ3) is 5.27. The van der Waals surface area contributed by atoms with E-state index in [0.717, 1.165) is 5.56 Å². The zero-order valence-corrected chi connectivity index (χ0v) is 15.4. The molecule has 2 rings (SSSR count). The molecule has 140 valence electrons. The van der Waals surface area contributed by atoms with Gasteiger partial charge in [0, 0.05) is 33.3 Å². The first-order valence-corrected chi connectivity index (χ1v) is 8.12. The Labute approximate surface area is 152 Å². The molecule has 6 nitrogen and oxygen atoms in total. The van der Waals surface area contributed by atoms with E-state index in [2.05, 4.69) is 10.6 Å². The highest BCUT2D eigenvalue weighted by molar-refractivity contribution is 5.73. The molecule has 0 saturated carbocycles. The van der Waals surface area contributed by atoms with Crippen molar-refractivity contribution in [2.24, 2.45) is 0 Å². The van der Waals surface area contributed by atoms with Gasteiger partial charge in [-0.25, -0.2) is 9.18 Å². The number of hydrogen-bond acceptors (Lipinski definition) is 4. The Kier molecular flexibility index (Phi) is 6.66. The van der Waals surface area contributed by atoms with Gasteiger partial charge in [-0.3, -0.25) is 0 Å². The lowest BCUT2D eigenvalue weighted by Gasteiger charge is -2.14. The van der Waals surface area contributed by atoms with E-state index in [9.17, 15) is 9.18 Å². The van der Waals surface area contributed by atoms with Crippen LogP contribution in [0.3, 0.4) is 0 Å². The van der Waals surface area contributed by atoms with Gasteiger partial charge in [-0.2, -0.15) is 0 Å². The Hall–Kier alpha value is -2.96. The standard InChI is InChI=1S/C19H24FN3O3/c1-23(2)18-6-5-13(9-17(18)20)11-21-19(24)22-12-14-7-15(25-3)10-16(8-14)26-4/h5-10H,11-12H2,1-4H3,(H2,21,22,24). The van der Waals surface area contributed by atoms with Crippen molar-refractivity contribution in [1.29, 1.82) is 0 Å². The van der Waals surface area contributed by atoms with Crippen molar-refractivity contribution in [3.8, 4) is 11.5 Å². The van der Waals surface area contributed by atoms with Gasteiger partial charge in [-0.15, -0.1) is 0 Å². The van der Waals surface area contributed by atoms with E-state index < -0.39 is 0 Å². The van der Waals surface area contributed by atoms with Gasteiger partial charge in [0.1, 0.15) is 17.3 Å². The van der Waals surface area contributed by atoms with Crippen molar-refractivity contribution in [3.05, 3.63) is 53.3 Å². The number of carbonyl (C=O) groups is 1. The normalized spacial score (nSPS) is 10.2. The number of nitrogens with zero attached hydrogens (tertiary/aromatic N) is 1. The van der Waals surface area contributed by atoms with Crippen LogP contribution in [-0.4, -0.2) is 34.3 Å². The van der Waals surface area contributed by atoms with E-state index in [1.807, 2.05) is 12.1 Å². The number of urea groups is 1. The molecular weight excluding hydrogens is 337 g/mol. The average Bonchev–Trinajstić information content (AvgIpc) is 2.64. The van der Waals surface area contributed by atoms with Gasteiger partial charge >= 0.3 is 6.03 Å². The summed E-state index contributed by atoms with van der Waals surface area (Å²) in [6, 6.07) is 9.94. The molecule has 0 aliphatic rings. The van der Waals surface area contributed by atoms with Gasteiger partial charge in [0.25, 0.3) is 0 Å². The maximum absolute atomic E-state index is 13.9. The third-order valence-electron chi connectivity index (χ3n) is 3.81. The van der Waals surface area contributed by atoms with Gasteiger partial charge in [-0.05, 0) is 35.4 Å². The summed E-state index contributed by atoms with van der Waals surface area (Å²) in [5, 5.41) is 5.46. The van der Waals surface area contributed by atoms with Crippen LogP contribution in [0.5, 0.6) is 11.5 Å². The molecule has 0 aliphatic carbocycles. The highest BCUT2D eigenvalue weighted by atomic mass is 19.1. The predicted octanol–water partition coefficient (Wildman–Crippen LogP) is 2.91. The van der Waals surface area contributed by atoms with Crippen LogP contribution in [0.2, 0.25) is 0 Å². The summed E-state index contributed by atoms with van der Waals surface area (Å²) in [4.78, 5) is 13.7. The van der Waals surface area contributed by atoms with E-state index in [0.29, 0.717) is 29.3 Å².